The van der Waals surface area contributed by atoms with Crippen molar-refractivity contribution in [2.24, 2.45) is 0 Å². The third kappa shape index (κ3) is 4.46. The van der Waals surface area contributed by atoms with Gasteiger partial charge in [0.1, 0.15) is 6.61 Å². The van der Waals surface area contributed by atoms with Crippen LogP contribution in [-0.2, 0) is 16.1 Å². The van der Waals surface area contributed by atoms with Gasteiger partial charge in [-0.1, -0.05) is 30.3 Å². The van der Waals surface area contributed by atoms with Crippen LogP contribution >= 0.6 is 0 Å². The zero-order valence-electron chi connectivity index (χ0n) is 12.0. The number of carbonyl (C=O) groups is 2. The van der Waals surface area contributed by atoms with Crippen molar-refractivity contribution in [3.8, 4) is 0 Å². The minimum absolute atomic E-state index is 0.0994. The second kappa shape index (κ2) is 6.58. The molecule has 0 saturated carbocycles. The van der Waals surface area contributed by atoms with Gasteiger partial charge in [-0.25, -0.2) is 4.79 Å². The number of nitrogens with one attached hydrogen (secondary N) is 1. The topological polar surface area (TPSA) is 78.9 Å². The van der Waals surface area contributed by atoms with E-state index < -0.39 is 17.6 Å². The number of amides is 1. The molecule has 1 saturated heterocycles. The molecule has 1 amide bonds. The van der Waals surface area contributed by atoms with Crippen LogP contribution in [-0.4, -0.2) is 47.7 Å². The summed E-state index contributed by atoms with van der Waals surface area (Å²) in [6, 6.07) is 9.36. The maximum atomic E-state index is 11.9. The minimum atomic E-state index is -0.923. The van der Waals surface area contributed by atoms with E-state index in [0.29, 0.717) is 13.0 Å². The highest BCUT2D eigenvalue weighted by molar-refractivity contribution is 5.73. The Hall–Kier alpha value is -2.08. The van der Waals surface area contributed by atoms with Crippen LogP contribution in [0.3, 0.4) is 0 Å². The Balaban J connectivity index is 1.91. The van der Waals surface area contributed by atoms with Gasteiger partial charge in [-0.05, 0) is 19.0 Å². The molecule has 2 rings (SSSR count). The fourth-order valence-electron chi connectivity index (χ4n) is 2.64. The van der Waals surface area contributed by atoms with Gasteiger partial charge in [0, 0.05) is 13.1 Å². The molecule has 1 fully saturated rings. The molecule has 6 heteroatoms. The fraction of sp³-hybridized carbons (Fsp3) is 0.467. The predicted octanol–water partition coefficient (Wildman–Crippen LogP) is 1.46. The van der Waals surface area contributed by atoms with Crippen LogP contribution in [0.25, 0.3) is 0 Å². The van der Waals surface area contributed by atoms with Crippen LogP contribution < -0.4 is 5.32 Å². The van der Waals surface area contributed by atoms with E-state index in [1.54, 1.807) is 0 Å². The van der Waals surface area contributed by atoms with Crippen molar-refractivity contribution in [2.75, 3.05) is 20.1 Å². The number of likely N-dealkylation sites (N-methyl/N-ethyl adjacent to an activating group) is 1. The number of carboxylic acids is 1. The zero-order valence-corrected chi connectivity index (χ0v) is 12.0. The number of nitrogens with zero attached hydrogens (tertiary/aromatic N) is 1. The lowest BCUT2D eigenvalue weighted by atomic mass is 9.94. The molecule has 1 heterocycles. The SMILES string of the molecule is CN1CCC(CC(=O)O)(NC(=O)OCc2ccccc2)C1. The molecule has 0 aliphatic carbocycles. The predicted molar refractivity (Wildman–Crippen MR) is 76.9 cm³/mol. The quantitative estimate of drug-likeness (QED) is 0.859. The molecule has 1 unspecified atom stereocenters. The highest BCUT2D eigenvalue weighted by atomic mass is 16.5. The summed E-state index contributed by atoms with van der Waals surface area (Å²) in [4.78, 5) is 24.9. The number of aliphatic carboxylic acids is 1. The van der Waals surface area contributed by atoms with Gasteiger partial charge in [0.25, 0.3) is 0 Å². The standard InChI is InChI=1S/C15H20N2O4/c1-17-8-7-15(11-17,9-13(18)19)16-14(20)21-10-12-5-3-2-4-6-12/h2-6H,7-11H2,1H3,(H,16,20)(H,18,19). The Morgan fingerprint density at radius 3 is 2.67 bits per heavy atom. The van der Waals surface area contributed by atoms with Gasteiger partial charge in [-0.3, -0.25) is 4.79 Å². The van der Waals surface area contributed by atoms with E-state index in [1.165, 1.54) is 0 Å². The molecular formula is C15H20N2O4. The van der Waals surface area contributed by atoms with E-state index in [4.69, 9.17) is 9.84 Å². The third-order valence-electron chi connectivity index (χ3n) is 3.61. The minimum Gasteiger partial charge on any atom is -0.481 e. The maximum absolute atomic E-state index is 11.9. The summed E-state index contributed by atoms with van der Waals surface area (Å²) in [5, 5.41) is 11.8. The summed E-state index contributed by atoms with van der Waals surface area (Å²) in [7, 11) is 1.90. The van der Waals surface area contributed by atoms with Crippen LogP contribution in [0.15, 0.2) is 30.3 Å². The van der Waals surface area contributed by atoms with Gasteiger partial charge in [-0.15, -0.1) is 0 Å². The molecule has 2 N–H and O–H groups in total. The first kappa shape index (κ1) is 15.3. The maximum Gasteiger partial charge on any atom is 0.407 e. The van der Waals surface area contributed by atoms with E-state index in [0.717, 1.165) is 12.1 Å². The molecule has 0 bridgehead atoms. The highest BCUT2D eigenvalue weighted by Gasteiger charge is 2.40. The van der Waals surface area contributed by atoms with Crippen molar-refractivity contribution in [1.29, 1.82) is 0 Å². The summed E-state index contributed by atoms with van der Waals surface area (Å²) in [6.07, 6.45) is -0.0658. The van der Waals surface area contributed by atoms with Crippen molar-refractivity contribution in [2.45, 2.75) is 25.0 Å². The first-order chi connectivity index (χ1) is 9.99. The van der Waals surface area contributed by atoms with E-state index in [9.17, 15) is 9.59 Å². The fourth-order valence-corrected chi connectivity index (χ4v) is 2.64. The van der Waals surface area contributed by atoms with Crippen LogP contribution in [0.2, 0.25) is 0 Å². The van der Waals surface area contributed by atoms with Crippen LogP contribution in [0, 0.1) is 0 Å². The van der Waals surface area contributed by atoms with E-state index >= 15 is 0 Å². The molecular weight excluding hydrogens is 272 g/mol. The molecule has 114 valence electrons. The second-order valence-corrected chi connectivity index (χ2v) is 5.53. The molecule has 21 heavy (non-hydrogen) atoms. The van der Waals surface area contributed by atoms with E-state index in [2.05, 4.69) is 5.32 Å². The summed E-state index contributed by atoms with van der Waals surface area (Å²) in [6.45, 7) is 1.44. The Morgan fingerprint density at radius 2 is 2.10 bits per heavy atom. The molecule has 1 aliphatic heterocycles. The largest absolute Gasteiger partial charge is 0.481 e. The smallest absolute Gasteiger partial charge is 0.407 e. The van der Waals surface area contributed by atoms with Crippen molar-refractivity contribution in [1.82, 2.24) is 10.2 Å². The Bertz CT molecular complexity index is 506. The normalized spacial score (nSPS) is 22.0. The Kier molecular flexibility index (Phi) is 4.80. The number of likely N-dealkylation sites (tertiary alicyclic amines) is 1. The highest BCUT2D eigenvalue weighted by Crippen LogP contribution is 2.24. The summed E-state index contributed by atoms with van der Waals surface area (Å²) in [5.41, 5.74) is 0.150. The Labute approximate surface area is 123 Å². The number of carbonyl (C=O) groups excluding carboxylic acids is 1. The molecule has 1 aromatic rings. The van der Waals surface area contributed by atoms with Gasteiger partial charge < -0.3 is 20.1 Å². The van der Waals surface area contributed by atoms with Crippen molar-refractivity contribution in [3.63, 3.8) is 0 Å². The molecule has 6 nitrogen and oxygen atoms in total. The summed E-state index contributed by atoms with van der Waals surface area (Å²) < 4.78 is 5.17. The number of carboxylic acid groups (broad SMARTS) is 1. The molecule has 1 aromatic carbocycles. The van der Waals surface area contributed by atoms with Gasteiger partial charge >= 0.3 is 12.1 Å². The third-order valence-corrected chi connectivity index (χ3v) is 3.61. The van der Waals surface area contributed by atoms with Crippen molar-refractivity contribution >= 4 is 12.1 Å². The van der Waals surface area contributed by atoms with Crippen LogP contribution in [0.4, 0.5) is 4.79 Å². The average molecular weight is 292 g/mol. The number of alkyl carbamates (subject to hydrolysis) is 1. The second-order valence-electron chi connectivity index (χ2n) is 5.53. The molecule has 0 radical (unpaired) electrons. The zero-order chi connectivity index (χ0) is 15.3. The number of hydrogen-bond acceptors (Lipinski definition) is 4. The van der Waals surface area contributed by atoms with Crippen molar-refractivity contribution in [3.05, 3.63) is 35.9 Å². The number of benzene rings is 1. The van der Waals surface area contributed by atoms with Crippen LogP contribution in [0.5, 0.6) is 0 Å². The summed E-state index contributed by atoms with van der Waals surface area (Å²) >= 11 is 0. The number of ether oxygens (including phenoxy) is 1. The molecule has 0 spiro atoms. The lowest BCUT2D eigenvalue weighted by Gasteiger charge is -2.28. The monoisotopic (exact) mass is 292 g/mol. The first-order valence-corrected chi connectivity index (χ1v) is 6.88. The van der Waals surface area contributed by atoms with Crippen molar-refractivity contribution < 1.29 is 19.4 Å². The van der Waals surface area contributed by atoms with Crippen LogP contribution in [0.1, 0.15) is 18.4 Å². The lowest BCUT2D eigenvalue weighted by Crippen LogP contribution is -2.51. The van der Waals surface area contributed by atoms with E-state index in [1.807, 2.05) is 42.3 Å². The van der Waals surface area contributed by atoms with Gasteiger partial charge in [-0.2, -0.15) is 0 Å². The molecule has 1 aliphatic rings. The van der Waals surface area contributed by atoms with Gasteiger partial charge in [0.2, 0.25) is 0 Å². The Morgan fingerprint density at radius 1 is 1.38 bits per heavy atom. The lowest BCUT2D eigenvalue weighted by molar-refractivity contribution is -0.138. The number of rotatable bonds is 5. The van der Waals surface area contributed by atoms with Gasteiger partial charge in [0.15, 0.2) is 0 Å². The molecule has 0 aromatic heterocycles. The van der Waals surface area contributed by atoms with E-state index in [-0.39, 0.29) is 13.0 Å². The summed E-state index contributed by atoms with van der Waals surface area (Å²) in [5.74, 6) is -0.923. The first-order valence-electron chi connectivity index (χ1n) is 6.88. The molecule has 1 atom stereocenters. The van der Waals surface area contributed by atoms with Gasteiger partial charge in [0.05, 0.1) is 12.0 Å². The average Bonchev–Trinajstić information content (AvgIpc) is 2.77. The number of hydrogen-bond donors (Lipinski definition) is 2.